The summed E-state index contributed by atoms with van der Waals surface area (Å²) < 4.78 is 4.75. The molecular formula is C15H20ClN3O3. The fraction of sp³-hybridized carbons (Fsp3) is 0.533. The molecule has 1 aromatic heterocycles. The zero-order valence-corrected chi connectivity index (χ0v) is 13.1. The summed E-state index contributed by atoms with van der Waals surface area (Å²) in [7, 11) is 0. The van der Waals surface area contributed by atoms with Gasteiger partial charge in [0.25, 0.3) is 5.91 Å². The average molecular weight is 326 g/mol. The van der Waals surface area contributed by atoms with Gasteiger partial charge >= 0.3 is 5.97 Å². The maximum Gasteiger partial charge on any atom is 0.306 e. The smallest absolute Gasteiger partial charge is 0.306 e. The number of nitrogens with zero attached hydrogens (tertiary/aromatic N) is 2. The van der Waals surface area contributed by atoms with E-state index in [9.17, 15) is 9.59 Å². The van der Waals surface area contributed by atoms with Crippen LogP contribution in [0.5, 0.6) is 0 Å². The Hall–Kier alpha value is -1.82. The Bertz CT molecular complexity index is 513. The molecule has 7 heteroatoms. The van der Waals surface area contributed by atoms with Crippen LogP contribution < -0.4 is 10.6 Å². The van der Waals surface area contributed by atoms with E-state index in [1.54, 1.807) is 6.20 Å². The highest BCUT2D eigenvalue weighted by atomic mass is 35.5. The molecule has 0 aromatic carbocycles. The Labute approximate surface area is 134 Å². The fourth-order valence-electron chi connectivity index (χ4n) is 2.55. The molecule has 0 spiro atoms. The molecular weight excluding hydrogens is 306 g/mol. The second-order valence-corrected chi connectivity index (χ2v) is 5.87. The van der Waals surface area contributed by atoms with E-state index in [0.717, 1.165) is 38.2 Å². The number of aromatic nitrogens is 1. The van der Waals surface area contributed by atoms with E-state index >= 15 is 0 Å². The SMILES string of the molecule is NC(=O)COC(=O)CCC1CCN(c2ccc(Cl)cn2)CC1. The molecule has 0 saturated carbocycles. The predicted molar refractivity (Wildman–Crippen MR) is 83.6 cm³/mol. The first-order chi connectivity index (χ1) is 10.5. The summed E-state index contributed by atoms with van der Waals surface area (Å²) in [5.74, 6) is 0.436. The van der Waals surface area contributed by atoms with Gasteiger partial charge in [0, 0.05) is 25.7 Å². The molecule has 22 heavy (non-hydrogen) atoms. The Morgan fingerprint density at radius 1 is 1.36 bits per heavy atom. The van der Waals surface area contributed by atoms with Gasteiger partial charge in [-0.2, -0.15) is 0 Å². The Morgan fingerprint density at radius 3 is 2.68 bits per heavy atom. The van der Waals surface area contributed by atoms with Crippen molar-refractivity contribution in [1.82, 2.24) is 4.98 Å². The third kappa shape index (κ3) is 5.18. The third-order valence-electron chi connectivity index (χ3n) is 3.78. The van der Waals surface area contributed by atoms with Crippen molar-refractivity contribution in [1.29, 1.82) is 0 Å². The zero-order chi connectivity index (χ0) is 15.9. The molecule has 6 nitrogen and oxygen atoms in total. The van der Waals surface area contributed by atoms with Gasteiger partial charge in [0.15, 0.2) is 6.61 Å². The molecule has 1 aromatic rings. The van der Waals surface area contributed by atoms with Crippen molar-refractivity contribution in [3.05, 3.63) is 23.4 Å². The second-order valence-electron chi connectivity index (χ2n) is 5.43. The predicted octanol–water partition coefficient (Wildman–Crippen LogP) is 1.76. The van der Waals surface area contributed by atoms with Crippen molar-refractivity contribution >= 4 is 29.3 Å². The van der Waals surface area contributed by atoms with Gasteiger partial charge in [-0.15, -0.1) is 0 Å². The van der Waals surface area contributed by atoms with Crippen molar-refractivity contribution in [3.63, 3.8) is 0 Å². The number of ether oxygens (including phenoxy) is 1. The van der Waals surface area contributed by atoms with Crippen LogP contribution in [0.25, 0.3) is 0 Å². The maximum absolute atomic E-state index is 11.4. The normalized spacial score (nSPS) is 15.6. The molecule has 1 amide bonds. The molecule has 0 radical (unpaired) electrons. The number of halogens is 1. The number of rotatable bonds is 6. The van der Waals surface area contributed by atoms with E-state index < -0.39 is 5.91 Å². The van der Waals surface area contributed by atoms with Gasteiger partial charge in [0.05, 0.1) is 5.02 Å². The van der Waals surface area contributed by atoms with Crippen molar-refractivity contribution in [2.24, 2.45) is 11.7 Å². The molecule has 0 atom stereocenters. The molecule has 1 aliphatic rings. The number of hydrogen-bond donors (Lipinski definition) is 1. The molecule has 1 fully saturated rings. The number of primary amides is 1. The molecule has 1 aliphatic heterocycles. The van der Waals surface area contributed by atoms with E-state index in [1.165, 1.54) is 0 Å². The summed E-state index contributed by atoms with van der Waals surface area (Å²) in [6.45, 7) is 1.49. The van der Waals surface area contributed by atoms with Crippen LogP contribution in [-0.2, 0) is 14.3 Å². The molecule has 2 rings (SSSR count). The van der Waals surface area contributed by atoms with Gasteiger partial charge in [0.1, 0.15) is 5.82 Å². The largest absolute Gasteiger partial charge is 0.456 e. The van der Waals surface area contributed by atoms with Crippen LogP contribution in [0.15, 0.2) is 18.3 Å². The number of piperidine rings is 1. The van der Waals surface area contributed by atoms with Gasteiger partial charge in [-0.05, 0) is 37.3 Å². The minimum Gasteiger partial charge on any atom is -0.456 e. The van der Waals surface area contributed by atoms with E-state index in [1.807, 2.05) is 12.1 Å². The highest BCUT2D eigenvalue weighted by Gasteiger charge is 2.21. The van der Waals surface area contributed by atoms with E-state index in [2.05, 4.69) is 9.88 Å². The van der Waals surface area contributed by atoms with Crippen LogP contribution in [0.4, 0.5) is 5.82 Å². The summed E-state index contributed by atoms with van der Waals surface area (Å²) in [6.07, 6.45) is 4.77. The molecule has 0 bridgehead atoms. The van der Waals surface area contributed by atoms with Gasteiger partial charge < -0.3 is 15.4 Å². The number of amides is 1. The maximum atomic E-state index is 11.4. The van der Waals surface area contributed by atoms with Gasteiger partial charge in [0.2, 0.25) is 0 Å². The highest BCUT2D eigenvalue weighted by Crippen LogP contribution is 2.25. The number of carbonyl (C=O) groups excluding carboxylic acids is 2. The lowest BCUT2D eigenvalue weighted by Crippen LogP contribution is -2.34. The molecule has 1 saturated heterocycles. The van der Waals surface area contributed by atoms with Crippen LogP contribution in [0.3, 0.4) is 0 Å². The molecule has 2 heterocycles. The van der Waals surface area contributed by atoms with Crippen molar-refractivity contribution in [2.75, 3.05) is 24.6 Å². The number of anilines is 1. The summed E-state index contributed by atoms with van der Waals surface area (Å²) in [4.78, 5) is 28.5. The highest BCUT2D eigenvalue weighted by molar-refractivity contribution is 6.30. The van der Waals surface area contributed by atoms with Crippen LogP contribution in [0, 0.1) is 5.92 Å². The molecule has 0 unspecified atom stereocenters. The van der Waals surface area contributed by atoms with Gasteiger partial charge in [-0.3, -0.25) is 9.59 Å². The lowest BCUT2D eigenvalue weighted by Gasteiger charge is -2.32. The number of pyridine rings is 1. The summed E-state index contributed by atoms with van der Waals surface area (Å²) >= 11 is 5.84. The summed E-state index contributed by atoms with van der Waals surface area (Å²) in [6, 6.07) is 3.76. The first-order valence-corrected chi connectivity index (χ1v) is 7.73. The Balaban J connectivity index is 1.70. The molecule has 2 N–H and O–H groups in total. The quantitative estimate of drug-likeness (QED) is 0.805. The number of nitrogens with two attached hydrogens (primary N) is 1. The van der Waals surface area contributed by atoms with E-state index in [-0.39, 0.29) is 12.6 Å². The van der Waals surface area contributed by atoms with Crippen LogP contribution in [0.2, 0.25) is 5.02 Å². The Kier molecular flexibility index (Phi) is 6.00. The van der Waals surface area contributed by atoms with Crippen molar-refractivity contribution in [3.8, 4) is 0 Å². The number of carbonyl (C=O) groups is 2. The first kappa shape index (κ1) is 16.5. The molecule has 0 aliphatic carbocycles. The number of esters is 1. The number of hydrogen-bond acceptors (Lipinski definition) is 5. The van der Waals surface area contributed by atoms with Crippen molar-refractivity contribution < 1.29 is 14.3 Å². The third-order valence-corrected chi connectivity index (χ3v) is 4.01. The Morgan fingerprint density at radius 2 is 2.09 bits per heavy atom. The molecule has 120 valence electrons. The fourth-order valence-corrected chi connectivity index (χ4v) is 2.66. The summed E-state index contributed by atoms with van der Waals surface area (Å²) in [5, 5.41) is 0.633. The monoisotopic (exact) mass is 325 g/mol. The lowest BCUT2D eigenvalue weighted by atomic mass is 9.92. The minimum absolute atomic E-state index is 0.330. The second kappa shape index (κ2) is 7.98. The topological polar surface area (TPSA) is 85.5 Å². The van der Waals surface area contributed by atoms with Gasteiger partial charge in [-0.1, -0.05) is 11.6 Å². The lowest BCUT2D eigenvalue weighted by molar-refractivity contribution is -0.148. The first-order valence-electron chi connectivity index (χ1n) is 7.35. The average Bonchev–Trinajstić information content (AvgIpc) is 2.52. The zero-order valence-electron chi connectivity index (χ0n) is 12.3. The summed E-state index contributed by atoms with van der Waals surface area (Å²) in [5.41, 5.74) is 4.92. The van der Waals surface area contributed by atoms with E-state index in [0.29, 0.717) is 17.4 Å². The van der Waals surface area contributed by atoms with E-state index in [4.69, 9.17) is 22.1 Å². The van der Waals surface area contributed by atoms with Crippen LogP contribution in [0.1, 0.15) is 25.7 Å². The standard InChI is InChI=1S/C15H20ClN3O3/c16-12-2-3-14(18-9-12)19-7-5-11(6-8-19)1-4-15(21)22-10-13(17)20/h2-3,9,11H,1,4-8,10H2,(H2,17,20). The van der Waals surface area contributed by atoms with Crippen LogP contribution in [-0.4, -0.2) is 36.6 Å². The minimum atomic E-state index is -0.628. The van der Waals surface area contributed by atoms with Gasteiger partial charge in [-0.25, -0.2) is 4.98 Å². The van der Waals surface area contributed by atoms with Crippen LogP contribution >= 0.6 is 11.6 Å². The van der Waals surface area contributed by atoms with Crippen molar-refractivity contribution in [2.45, 2.75) is 25.7 Å².